The van der Waals surface area contributed by atoms with E-state index in [-0.39, 0.29) is 11.9 Å². The van der Waals surface area contributed by atoms with Crippen molar-refractivity contribution in [1.82, 2.24) is 5.32 Å². The number of aryl methyl sites for hydroxylation is 1. The molecule has 1 aromatic carbocycles. The Labute approximate surface area is 133 Å². The maximum absolute atomic E-state index is 13.0. The molecular formula is C18H28FNO2. The van der Waals surface area contributed by atoms with Crippen LogP contribution in [0, 0.1) is 5.82 Å². The Kier molecular flexibility index (Phi) is 7.92. The van der Waals surface area contributed by atoms with E-state index in [1.165, 1.54) is 6.07 Å². The second-order valence-corrected chi connectivity index (χ2v) is 6.58. The Hall–Kier alpha value is -1.58. The summed E-state index contributed by atoms with van der Waals surface area (Å²) in [7, 11) is 0. The van der Waals surface area contributed by atoms with Gasteiger partial charge in [0.05, 0.1) is 0 Å². The van der Waals surface area contributed by atoms with E-state index < -0.39 is 5.60 Å². The highest BCUT2D eigenvalue weighted by molar-refractivity contribution is 5.67. The van der Waals surface area contributed by atoms with Gasteiger partial charge in [-0.15, -0.1) is 0 Å². The first kappa shape index (κ1) is 18.5. The minimum absolute atomic E-state index is 0.161. The van der Waals surface area contributed by atoms with Crippen LogP contribution >= 0.6 is 0 Å². The number of benzene rings is 1. The number of rotatable bonds is 8. The molecule has 0 heterocycles. The molecule has 1 rings (SSSR count). The highest BCUT2D eigenvalue weighted by Crippen LogP contribution is 2.10. The van der Waals surface area contributed by atoms with Crippen molar-refractivity contribution >= 4 is 6.09 Å². The van der Waals surface area contributed by atoms with Crippen LogP contribution in [-0.2, 0) is 11.2 Å². The first-order valence-corrected chi connectivity index (χ1v) is 8.08. The average Bonchev–Trinajstić information content (AvgIpc) is 2.40. The molecule has 4 heteroatoms. The Morgan fingerprint density at radius 1 is 1.14 bits per heavy atom. The van der Waals surface area contributed by atoms with Crippen LogP contribution in [0.25, 0.3) is 0 Å². The predicted octanol–water partition coefficient (Wildman–Crippen LogP) is 4.84. The molecule has 0 aromatic heterocycles. The van der Waals surface area contributed by atoms with E-state index >= 15 is 0 Å². The monoisotopic (exact) mass is 309 g/mol. The maximum Gasteiger partial charge on any atom is 0.407 e. The molecule has 0 aliphatic rings. The van der Waals surface area contributed by atoms with Crippen molar-refractivity contribution in [3.05, 3.63) is 35.6 Å². The fourth-order valence-corrected chi connectivity index (χ4v) is 2.18. The van der Waals surface area contributed by atoms with Gasteiger partial charge >= 0.3 is 6.09 Å². The highest BCUT2D eigenvalue weighted by atomic mass is 19.1. The number of halogens is 1. The minimum atomic E-state index is -0.443. The van der Waals surface area contributed by atoms with Gasteiger partial charge in [-0.1, -0.05) is 31.4 Å². The Bertz CT molecular complexity index is 455. The number of unbranched alkanes of at least 4 members (excludes halogenated alkanes) is 4. The fourth-order valence-electron chi connectivity index (χ4n) is 2.18. The second-order valence-electron chi connectivity index (χ2n) is 6.58. The van der Waals surface area contributed by atoms with E-state index in [4.69, 9.17) is 4.74 Å². The summed E-state index contributed by atoms with van der Waals surface area (Å²) >= 11 is 0. The molecule has 1 N–H and O–H groups in total. The van der Waals surface area contributed by atoms with Gasteiger partial charge in [0, 0.05) is 6.54 Å². The van der Waals surface area contributed by atoms with Crippen LogP contribution in [0.2, 0.25) is 0 Å². The van der Waals surface area contributed by atoms with Crippen molar-refractivity contribution in [3.8, 4) is 0 Å². The third kappa shape index (κ3) is 9.37. The molecule has 0 atom stereocenters. The number of hydrogen-bond donors (Lipinski definition) is 1. The normalized spacial score (nSPS) is 11.3. The van der Waals surface area contributed by atoms with Crippen LogP contribution in [0.5, 0.6) is 0 Å². The van der Waals surface area contributed by atoms with Gasteiger partial charge in [-0.3, -0.25) is 0 Å². The van der Waals surface area contributed by atoms with Gasteiger partial charge in [0.2, 0.25) is 0 Å². The van der Waals surface area contributed by atoms with E-state index in [1.54, 1.807) is 12.1 Å². The van der Waals surface area contributed by atoms with Crippen molar-refractivity contribution in [2.75, 3.05) is 6.54 Å². The van der Waals surface area contributed by atoms with Crippen LogP contribution in [0.4, 0.5) is 9.18 Å². The summed E-state index contributed by atoms with van der Waals surface area (Å²) in [5.74, 6) is -0.161. The topological polar surface area (TPSA) is 38.3 Å². The zero-order valence-corrected chi connectivity index (χ0v) is 14.0. The number of carbonyl (C=O) groups is 1. The van der Waals surface area contributed by atoms with Crippen LogP contribution < -0.4 is 5.32 Å². The lowest BCUT2D eigenvalue weighted by atomic mass is 10.1. The minimum Gasteiger partial charge on any atom is -0.444 e. The summed E-state index contributed by atoms with van der Waals surface area (Å²) in [5, 5.41) is 2.76. The molecule has 0 spiro atoms. The SMILES string of the molecule is CC(C)(C)OC(=O)NCCCCCCCc1cccc(F)c1. The van der Waals surface area contributed by atoms with E-state index in [9.17, 15) is 9.18 Å². The summed E-state index contributed by atoms with van der Waals surface area (Å²) in [4.78, 5) is 11.4. The third-order valence-electron chi connectivity index (χ3n) is 3.20. The Morgan fingerprint density at radius 2 is 1.82 bits per heavy atom. The lowest BCUT2D eigenvalue weighted by molar-refractivity contribution is 0.0527. The summed E-state index contributed by atoms with van der Waals surface area (Å²) < 4.78 is 18.2. The van der Waals surface area contributed by atoms with E-state index in [0.717, 1.165) is 44.1 Å². The lowest BCUT2D eigenvalue weighted by Gasteiger charge is -2.19. The molecule has 1 amide bonds. The van der Waals surface area contributed by atoms with Crippen molar-refractivity contribution in [2.45, 2.75) is 64.9 Å². The van der Waals surface area contributed by atoms with Crippen molar-refractivity contribution in [3.63, 3.8) is 0 Å². The average molecular weight is 309 g/mol. The van der Waals surface area contributed by atoms with Gasteiger partial charge in [-0.2, -0.15) is 0 Å². The van der Waals surface area contributed by atoms with Crippen LogP contribution in [0.1, 0.15) is 58.4 Å². The van der Waals surface area contributed by atoms with Gasteiger partial charge in [-0.25, -0.2) is 9.18 Å². The van der Waals surface area contributed by atoms with Crippen LogP contribution in [-0.4, -0.2) is 18.2 Å². The van der Waals surface area contributed by atoms with Crippen LogP contribution in [0.3, 0.4) is 0 Å². The number of alkyl carbamates (subject to hydrolysis) is 1. The summed E-state index contributed by atoms with van der Waals surface area (Å²) in [6.45, 7) is 6.21. The smallest absolute Gasteiger partial charge is 0.407 e. The molecule has 22 heavy (non-hydrogen) atoms. The van der Waals surface area contributed by atoms with E-state index in [2.05, 4.69) is 5.32 Å². The van der Waals surface area contributed by atoms with Crippen molar-refractivity contribution in [2.24, 2.45) is 0 Å². The number of nitrogens with one attached hydrogen (secondary N) is 1. The van der Waals surface area contributed by atoms with Gasteiger partial charge in [0.1, 0.15) is 11.4 Å². The maximum atomic E-state index is 13.0. The molecule has 0 saturated carbocycles. The van der Waals surface area contributed by atoms with Crippen LogP contribution in [0.15, 0.2) is 24.3 Å². The van der Waals surface area contributed by atoms with Gasteiger partial charge < -0.3 is 10.1 Å². The molecule has 1 aromatic rings. The number of ether oxygens (including phenoxy) is 1. The molecule has 0 radical (unpaired) electrons. The molecule has 0 aliphatic heterocycles. The first-order valence-electron chi connectivity index (χ1n) is 8.08. The quantitative estimate of drug-likeness (QED) is 0.698. The van der Waals surface area contributed by atoms with E-state index in [1.807, 2.05) is 26.8 Å². The third-order valence-corrected chi connectivity index (χ3v) is 3.20. The van der Waals surface area contributed by atoms with Gasteiger partial charge in [-0.05, 0) is 57.7 Å². The number of hydrogen-bond acceptors (Lipinski definition) is 2. The molecule has 0 saturated heterocycles. The summed E-state index contributed by atoms with van der Waals surface area (Å²) in [5.41, 5.74) is 0.618. The molecule has 3 nitrogen and oxygen atoms in total. The van der Waals surface area contributed by atoms with Gasteiger partial charge in [0.15, 0.2) is 0 Å². The molecule has 0 fully saturated rings. The Morgan fingerprint density at radius 3 is 2.50 bits per heavy atom. The summed E-state index contributed by atoms with van der Waals surface area (Å²) in [6.07, 6.45) is 5.95. The van der Waals surface area contributed by atoms with Crippen molar-refractivity contribution in [1.29, 1.82) is 0 Å². The summed E-state index contributed by atoms with van der Waals surface area (Å²) in [6, 6.07) is 6.80. The zero-order valence-electron chi connectivity index (χ0n) is 14.0. The molecule has 0 bridgehead atoms. The van der Waals surface area contributed by atoms with E-state index in [0.29, 0.717) is 6.54 Å². The largest absolute Gasteiger partial charge is 0.444 e. The standard InChI is InChI=1S/C18H28FNO2/c1-18(2,3)22-17(21)20-13-8-6-4-5-7-10-15-11-9-12-16(19)14-15/h9,11-12,14H,4-8,10,13H2,1-3H3,(H,20,21). The fraction of sp³-hybridized carbons (Fsp3) is 0.611. The Balaban J connectivity index is 1.97. The van der Waals surface area contributed by atoms with Gasteiger partial charge in [0.25, 0.3) is 0 Å². The molecular weight excluding hydrogens is 281 g/mol. The highest BCUT2D eigenvalue weighted by Gasteiger charge is 2.15. The molecule has 124 valence electrons. The first-order chi connectivity index (χ1) is 10.4. The molecule has 0 aliphatic carbocycles. The molecule has 0 unspecified atom stereocenters. The van der Waals surface area contributed by atoms with Crippen molar-refractivity contribution < 1.29 is 13.9 Å². The number of amides is 1. The second kappa shape index (κ2) is 9.44. The number of carbonyl (C=O) groups excluding carboxylic acids is 1. The lowest BCUT2D eigenvalue weighted by Crippen LogP contribution is -2.32. The predicted molar refractivity (Wildman–Crippen MR) is 87.4 cm³/mol. The zero-order chi connectivity index (χ0) is 16.4.